The number of aliphatic hydroxyl groups is 1. The number of benzene rings is 1. The van der Waals surface area contributed by atoms with E-state index < -0.39 is 0 Å². The number of nitrogens with zero attached hydrogens (tertiary/aromatic N) is 1. The van der Waals surface area contributed by atoms with Crippen molar-refractivity contribution in [3.05, 3.63) is 34.4 Å². The molecule has 0 amide bonds. The lowest BCUT2D eigenvalue weighted by atomic mass is 9.97. The van der Waals surface area contributed by atoms with E-state index in [0.29, 0.717) is 6.54 Å². The molecule has 0 aliphatic carbocycles. The van der Waals surface area contributed by atoms with Crippen molar-refractivity contribution in [3.8, 4) is 0 Å². The molecule has 1 fully saturated rings. The fourth-order valence-electron chi connectivity index (χ4n) is 3.18. The minimum absolute atomic E-state index is 0.142. The second-order valence-corrected chi connectivity index (χ2v) is 6.33. The number of hydrogen-bond acceptors (Lipinski definition) is 3. The highest BCUT2D eigenvalue weighted by Crippen LogP contribution is 2.20. The molecule has 21 heavy (non-hydrogen) atoms. The molecule has 116 valence electrons. The molecule has 1 unspecified atom stereocenters. The first kappa shape index (κ1) is 16.2. The minimum atomic E-state index is 0.142. The summed E-state index contributed by atoms with van der Waals surface area (Å²) in [5, 5.41) is 9.55. The summed E-state index contributed by atoms with van der Waals surface area (Å²) in [4.78, 5) is 14.8. The van der Waals surface area contributed by atoms with Crippen LogP contribution in [0.15, 0.2) is 12.1 Å². The number of ketones is 1. The molecule has 3 nitrogen and oxygen atoms in total. The molecular weight excluding hydrogens is 262 g/mol. The largest absolute Gasteiger partial charge is 0.395 e. The van der Waals surface area contributed by atoms with Gasteiger partial charge < -0.3 is 5.11 Å². The van der Waals surface area contributed by atoms with E-state index in [1.54, 1.807) is 0 Å². The molecule has 1 atom stereocenters. The molecule has 0 bridgehead atoms. The minimum Gasteiger partial charge on any atom is -0.395 e. The number of Topliss-reactive ketones (excluding diaryl/α,β-unsaturated/α-hetero) is 1. The van der Waals surface area contributed by atoms with Crippen LogP contribution >= 0.6 is 0 Å². The van der Waals surface area contributed by atoms with E-state index in [4.69, 9.17) is 0 Å². The Labute approximate surface area is 128 Å². The zero-order chi connectivity index (χ0) is 15.4. The van der Waals surface area contributed by atoms with Gasteiger partial charge in [-0.15, -0.1) is 0 Å². The highest BCUT2D eigenvalue weighted by Gasteiger charge is 2.23. The van der Waals surface area contributed by atoms with Crippen molar-refractivity contribution in [1.29, 1.82) is 0 Å². The van der Waals surface area contributed by atoms with Crippen molar-refractivity contribution in [2.45, 2.75) is 52.5 Å². The van der Waals surface area contributed by atoms with Gasteiger partial charge in [0.1, 0.15) is 0 Å². The summed E-state index contributed by atoms with van der Waals surface area (Å²) in [5.41, 5.74) is 4.28. The van der Waals surface area contributed by atoms with E-state index in [1.807, 2.05) is 19.9 Å². The monoisotopic (exact) mass is 289 g/mol. The van der Waals surface area contributed by atoms with Crippen molar-refractivity contribution >= 4 is 5.78 Å². The summed E-state index contributed by atoms with van der Waals surface area (Å²) in [7, 11) is 0. The SMILES string of the molecule is Cc1cc(C)c(C(=O)CN2CCCCCC2CO)cc1C. The molecule has 1 aromatic rings. The summed E-state index contributed by atoms with van der Waals surface area (Å²) in [6, 6.07) is 4.25. The summed E-state index contributed by atoms with van der Waals surface area (Å²) >= 11 is 0. The molecule has 2 rings (SSSR count). The maximum Gasteiger partial charge on any atom is 0.177 e. The number of aliphatic hydroxyl groups excluding tert-OH is 1. The number of hydrogen-bond donors (Lipinski definition) is 1. The maximum absolute atomic E-state index is 12.6. The lowest BCUT2D eigenvalue weighted by Crippen LogP contribution is -2.41. The van der Waals surface area contributed by atoms with Crippen LogP contribution in [0.2, 0.25) is 0 Å². The Hall–Kier alpha value is -1.19. The van der Waals surface area contributed by atoms with Gasteiger partial charge in [0.2, 0.25) is 0 Å². The quantitative estimate of drug-likeness (QED) is 0.866. The Morgan fingerprint density at radius 1 is 1.14 bits per heavy atom. The molecular formula is C18H27NO2. The molecule has 1 N–H and O–H groups in total. The van der Waals surface area contributed by atoms with Gasteiger partial charge in [-0.3, -0.25) is 9.69 Å². The van der Waals surface area contributed by atoms with Crippen molar-refractivity contribution in [2.24, 2.45) is 0 Å². The van der Waals surface area contributed by atoms with Crippen LogP contribution < -0.4 is 0 Å². The fourth-order valence-corrected chi connectivity index (χ4v) is 3.18. The Morgan fingerprint density at radius 3 is 2.57 bits per heavy atom. The van der Waals surface area contributed by atoms with Crippen LogP contribution in [0, 0.1) is 20.8 Å². The van der Waals surface area contributed by atoms with Crippen molar-refractivity contribution in [1.82, 2.24) is 4.90 Å². The lowest BCUT2D eigenvalue weighted by molar-refractivity contribution is 0.0825. The normalized spacial score (nSPS) is 20.3. The third-order valence-corrected chi connectivity index (χ3v) is 4.70. The van der Waals surface area contributed by atoms with Gasteiger partial charge in [-0.2, -0.15) is 0 Å². The standard InChI is InChI=1S/C18H27NO2/c1-13-9-15(3)17(10-14(13)2)18(21)11-19-8-6-4-5-7-16(19)12-20/h9-10,16,20H,4-8,11-12H2,1-3H3. The second-order valence-electron chi connectivity index (χ2n) is 6.33. The summed E-state index contributed by atoms with van der Waals surface area (Å²) in [6.45, 7) is 7.63. The number of aryl methyl sites for hydroxylation is 3. The Morgan fingerprint density at radius 2 is 1.86 bits per heavy atom. The van der Waals surface area contributed by atoms with Crippen molar-refractivity contribution in [3.63, 3.8) is 0 Å². The highest BCUT2D eigenvalue weighted by atomic mass is 16.3. The number of carbonyl (C=O) groups excluding carboxylic acids is 1. The van der Waals surface area contributed by atoms with E-state index in [9.17, 15) is 9.90 Å². The van der Waals surface area contributed by atoms with Crippen molar-refractivity contribution in [2.75, 3.05) is 19.7 Å². The van der Waals surface area contributed by atoms with Crippen LogP contribution in [-0.4, -0.2) is 41.5 Å². The highest BCUT2D eigenvalue weighted by molar-refractivity contribution is 5.99. The van der Waals surface area contributed by atoms with E-state index in [2.05, 4.69) is 17.9 Å². The third kappa shape index (κ3) is 3.92. The van der Waals surface area contributed by atoms with Crippen LogP contribution in [0.4, 0.5) is 0 Å². The van der Waals surface area contributed by atoms with Gasteiger partial charge in [-0.1, -0.05) is 18.9 Å². The molecule has 0 aromatic heterocycles. The predicted molar refractivity (Wildman–Crippen MR) is 85.9 cm³/mol. The zero-order valence-corrected chi connectivity index (χ0v) is 13.5. The van der Waals surface area contributed by atoms with Gasteiger partial charge in [0.25, 0.3) is 0 Å². The molecule has 1 heterocycles. The van der Waals surface area contributed by atoms with Crippen LogP contribution in [0.5, 0.6) is 0 Å². The molecule has 1 aromatic carbocycles. The van der Waals surface area contributed by atoms with E-state index >= 15 is 0 Å². The Bertz CT molecular complexity index is 510. The number of likely N-dealkylation sites (tertiary alicyclic amines) is 1. The van der Waals surface area contributed by atoms with Crippen LogP contribution in [0.1, 0.15) is 52.7 Å². The van der Waals surface area contributed by atoms with Gasteiger partial charge in [0.05, 0.1) is 13.2 Å². The van der Waals surface area contributed by atoms with Crippen molar-refractivity contribution < 1.29 is 9.90 Å². The van der Waals surface area contributed by atoms with Crippen LogP contribution in [0.25, 0.3) is 0 Å². The van der Waals surface area contributed by atoms with E-state index in [0.717, 1.165) is 36.9 Å². The zero-order valence-electron chi connectivity index (χ0n) is 13.5. The average molecular weight is 289 g/mol. The van der Waals surface area contributed by atoms with Gasteiger partial charge >= 0.3 is 0 Å². The first-order valence-electron chi connectivity index (χ1n) is 7.99. The second kappa shape index (κ2) is 7.19. The number of carbonyl (C=O) groups is 1. The van der Waals surface area contributed by atoms with Gasteiger partial charge in [-0.25, -0.2) is 0 Å². The average Bonchev–Trinajstić information content (AvgIpc) is 2.67. The maximum atomic E-state index is 12.6. The van der Waals surface area contributed by atoms with Gasteiger partial charge in [-0.05, 0) is 62.9 Å². The summed E-state index contributed by atoms with van der Waals surface area (Å²) in [5.74, 6) is 0.177. The molecule has 0 saturated carbocycles. The molecule has 1 saturated heterocycles. The lowest BCUT2D eigenvalue weighted by Gasteiger charge is -2.28. The van der Waals surface area contributed by atoms with Crippen LogP contribution in [-0.2, 0) is 0 Å². The molecule has 1 aliphatic rings. The Kier molecular flexibility index (Phi) is 5.54. The fraction of sp³-hybridized carbons (Fsp3) is 0.611. The molecule has 3 heteroatoms. The molecule has 0 spiro atoms. The smallest absolute Gasteiger partial charge is 0.177 e. The van der Waals surface area contributed by atoms with Gasteiger partial charge in [0, 0.05) is 11.6 Å². The third-order valence-electron chi connectivity index (χ3n) is 4.70. The number of rotatable bonds is 4. The topological polar surface area (TPSA) is 40.5 Å². The molecule has 0 radical (unpaired) electrons. The first-order valence-corrected chi connectivity index (χ1v) is 7.99. The van der Waals surface area contributed by atoms with E-state index in [1.165, 1.54) is 17.5 Å². The van der Waals surface area contributed by atoms with Crippen LogP contribution in [0.3, 0.4) is 0 Å². The first-order chi connectivity index (χ1) is 10.0. The van der Waals surface area contributed by atoms with Gasteiger partial charge in [0.15, 0.2) is 5.78 Å². The summed E-state index contributed by atoms with van der Waals surface area (Å²) < 4.78 is 0. The van der Waals surface area contributed by atoms with E-state index in [-0.39, 0.29) is 18.4 Å². The Balaban J connectivity index is 2.14. The molecule has 1 aliphatic heterocycles. The predicted octanol–water partition coefficient (Wildman–Crippen LogP) is 3.03. The summed E-state index contributed by atoms with van der Waals surface area (Å²) in [6.07, 6.45) is 4.47.